The average molecular weight is 324 g/mol. The van der Waals surface area contributed by atoms with Gasteiger partial charge in [-0.05, 0) is 48.5 Å². The quantitative estimate of drug-likeness (QED) is 0.780. The van der Waals surface area contributed by atoms with Gasteiger partial charge in [-0.25, -0.2) is 0 Å². The molecule has 3 heteroatoms. The summed E-state index contributed by atoms with van der Waals surface area (Å²) in [5, 5.41) is 0. The Balaban J connectivity index is 1.36. The summed E-state index contributed by atoms with van der Waals surface area (Å²) in [6, 6.07) is 5.82. The summed E-state index contributed by atoms with van der Waals surface area (Å²) >= 11 is 0. The van der Waals surface area contributed by atoms with Crippen LogP contribution in [0.15, 0.2) is 34.6 Å². The van der Waals surface area contributed by atoms with Crippen LogP contribution < -0.4 is 5.56 Å². The Hall–Kier alpha value is -1.35. The zero-order valence-corrected chi connectivity index (χ0v) is 14.9. The molecule has 6 rings (SSSR count). The first-order valence-corrected chi connectivity index (χ1v) is 9.63. The molecule has 5 aliphatic rings. The molecule has 1 saturated carbocycles. The molecule has 1 aromatic rings. The van der Waals surface area contributed by atoms with Crippen LogP contribution in [0.2, 0.25) is 0 Å². The first-order valence-electron chi connectivity index (χ1n) is 9.63. The molecule has 4 bridgehead atoms. The van der Waals surface area contributed by atoms with E-state index in [9.17, 15) is 4.79 Å². The second-order valence-corrected chi connectivity index (χ2v) is 9.21. The molecule has 3 heterocycles. The molecule has 0 spiro atoms. The third-order valence-electron chi connectivity index (χ3n) is 7.54. The highest BCUT2D eigenvalue weighted by Gasteiger charge is 2.51. The summed E-state index contributed by atoms with van der Waals surface area (Å²) in [6.45, 7) is 9.28. The van der Waals surface area contributed by atoms with Crippen molar-refractivity contribution < 1.29 is 0 Å². The van der Waals surface area contributed by atoms with Crippen molar-refractivity contribution in [2.45, 2.75) is 45.6 Å². The van der Waals surface area contributed by atoms with Crippen LogP contribution in [0.25, 0.3) is 0 Å². The van der Waals surface area contributed by atoms with Crippen LogP contribution in [-0.2, 0) is 6.54 Å². The van der Waals surface area contributed by atoms with Crippen LogP contribution in [0.4, 0.5) is 0 Å². The number of likely N-dealkylation sites (tertiary alicyclic amines) is 1. The smallest absolute Gasteiger partial charge is 0.250 e. The highest BCUT2D eigenvalue weighted by molar-refractivity contribution is 5.25. The Labute approximate surface area is 144 Å². The highest BCUT2D eigenvalue weighted by Crippen LogP contribution is 2.59. The Morgan fingerprint density at radius 1 is 1.17 bits per heavy atom. The molecule has 24 heavy (non-hydrogen) atoms. The lowest BCUT2D eigenvalue weighted by Crippen LogP contribution is -2.52. The summed E-state index contributed by atoms with van der Waals surface area (Å²) in [5.74, 6) is 2.92. The van der Waals surface area contributed by atoms with Gasteiger partial charge in [-0.3, -0.25) is 9.69 Å². The van der Waals surface area contributed by atoms with Crippen molar-refractivity contribution in [1.29, 1.82) is 0 Å². The lowest BCUT2D eigenvalue weighted by molar-refractivity contribution is -0.0127. The zero-order chi connectivity index (χ0) is 16.5. The van der Waals surface area contributed by atoms with E-state index in [0.29, 0.717) is 17.3 Å². The Bertz CT molecular complexity index is 759. The highest BCUT2D eigenvalue weighted by atomic mass is 16.1. The molecule has 3 aliphatic carbocycles. The second-order valence-electron chi connectivity index (χ2n) is 9.21. The molecule has 1 aromatic heterocycles. The van der Waals surface area contributed by atoms with Gasteiger partial charge in [0.25, 0.3) is 5.56 Å². The van der Waals surface area contributed by atoms with E-state index in [2.05, 4.69) is 30.9 Å². The molecule has 2 aliphatic heterocycles. The van der Waals surface area contributed by atoms with Crippen LogP contribution in [0, 0.1) is 23.2 Å². The molecule has 2 fully saturated rings. The Morgan fingerprint density at radius 3 is 2.83 bits per heavy atom. The van der Waals surface area contributed by atoms with Gasteiger partial charge in [0.2, 0.25) is 0 Å². The molecular formula is C21H28N2O. The fourth-order valence-electron chi connectivity index (χ4n) is 6.04. The van der Waals surface area contributed by atoms with Crippen molar-refractivity contribution in [1.82, 2.24) is 9.47 Å². The van der Waals surface area contributed by atoms with Crippen molar-refractivity contribution in [3.8, 4) is 0 Å². The monoisotopic (exact) mass is 324 g/mol. The maximum Gasteiger partial charge on any atom is 0.250 e. The van der Waals surface area contributed by atoms with Gasteiger partial charge in [0.05, 0.1) is 0 Å². The molecule has 128 valence electrons. The minimum atomic E-state index is 0.188. The SMILES string of the molecule is CC1(C)[C@H]2CC=C(CN3C[C@@H]4C[C@@H](C3)c3cccc(=O)n3C4)[C@@H]1C2. The fourth-order valence-corrected chi connectivity index (χ4v) is 6.04. The summed E-state index contributed by atoms with van der Waals surface area (Å²) in [6.07, 6.45) is 6.51. The molecular weight excluding hydrogens is 296 g/mol. The zero-order valence-electron chi connectivity index (χ0n) is 14.9. The number of aromatic nitrogens is 1. The van der Waals surface area contributed by atoms with E-state index in [0.717, 1.165) is 38.0 Å². The summed E-state index contributed by atoms with van der Waals surface area (Å²) < 4.78 is 2.04. The number of fused-ring (bicyclic) bond motifs is 5. The van der Waals surface area contributed by atoms with Crippen LogP contribution in [0.5, 0.6) is 0 Å². The summed E-state index contributed by atoms with van der Waals surface area (Å²) in [4.78, 5) is 14.8. The van der Waals surface area contributed by atoms with Gasteiger partial charge in [0, 0.05) is 43.9 Å². The molecule has 0 aromatic carbocycles. The van der Waals surface area contributed by atoms with Crippen LogP contribution in [0.1, 0.15) is 44.7 Å². The van der Waals surface area contributed by atoms with Gasteiger partial charge in [-0.15, -0.1) is 0 Å². The fraction of sp³-hybridized carbons (Fsp3) is 0.667. The van der Waals surface area contributed by atoms with E-state index in [1.807, 2.05) is 10.6 Å². The number of nitrogens with zero attached hydrogens (tertiary/aromatic N) is 2. The maximum atomic E-state index is 12.2. The number of hydrogen-bond donors (Lipinski definition) is 0. The summed E-state index contributed by atoms with van der Waals surface area (Å²) in [5.41, 5.74) is 3.68. The number of piperidine rings is 1. The van der Waals surface area contributed by atoms with Gasteiger partial charge >= 0.3 is 0 Å². The normalized spacial score (nSPS) is 36.5. The van der Waals surface area contributed by atoms with Crippen molar-refractivity contribution in [3.05, 3.63) is 45.9 Å². The third kappa shape index (κ3) is 2.10. The van der Waals surface area contributed by atoms with Gasteiger partial charge in [-0.1, -0.05) is 31.6 Å². The van der Waals surface area contributed by atoms with Crippen LogP contribution >= 0.6 is 0 Å². The first kappa shape index (κ1) is 14.9. The van der Waals surface area contributed by atoms with Crippen molar-refractivity contribution in [2.75, 3.05) is 19.6 Å². The molecule has 3 nitrogen and oxygen atoms in total. The summed E-state index contributed by atoms with van der Waals surface area (Å²) in [7, 11) is 0. The van der Waals surface area contributed by atoms with E-state index in [4.69, 9.17) is 0 Å². The predicted molar refractivity (Wildman–Crippen MR) is 96.1 cm³/mol. The first-order chi connectivity index (χ1) is 11.5. The second kappa shape index (κ2) is 5.08. The molecule has 0 unspecified atom stereocenters. The molecule has 0 radical (unpaired) electrons. The predicted octanol–water partition coefficient (Wildman–Crippen LogP) is 3.26. The van der Waals surface area contributed by atoms with E-state index in [1.165, 1.54) is 25.0 Å². The largest absolute Gasteiger partial charge is 0.312 e. The van der Waals surface area contributed by atoms with Gasteiger partial charge in [-0.2, -0.15) is 0 Å². The molecule has 0 amide bonds. The topological polar surface area (TPSA) is 25.2 Å². The number of pyridine rings is 1. The van der Waals surface area contributed by atoms with Crippen LogP contribution in [-0.4, -0.2) is 29.1 Å². The van der Waals surface area contributed by atoms with Gasteiger partial charge in [0.15, 0.2) is 0 Å². The van der Waals surface area contributed by atoms with Gasteiger partial charge < -0.3 is 4.57 Å². The van der Waals surface area contributed by atoms with Crippen molar-refractivity contribution in [3.63, 3.8) is 0 Å². The van der Waals surface area contributed by atoms with Gasteiger partial charge in [0.1, 0.15) is 0 Å². The van der Waals surface area contributed by atoms with E-state index >= 15 is 0 Å². The number of rotatable bonds is 2. The maximum absolute atomic E-state index is 12.2. The molecule has 4 atom stereocenters. The standard InChI is InChI=1S/C21H28N2O/c1-21(2)17-7-6-15(18(21)9-17)12-22-10-14-8-16(13-22)19-4-3-5-20(24)23(19)11-14/h3-6,14,16-18H,7-13H2,1-2H3/t14-,16-,17-,18-/m0/s1. The minimum Gasteiger partial charge on any atom is -0.312 e. The van der Waals surface area contributed by atoms with Crippen molar-refractivity contribution >= 4 is 0 Å². The van der Waals surface area contributed by atoms with Crippen molar-refractivity contribution in [2.24, 2.45) is 23.2 Å². The Kier molecular flexibility index (Phi) is 3.16. The number of hydrogen-bond acceptors (Lipinski definition) is 2. The third-order valence-corrected chi connectivity index (χ3v) is 7.54. The minimum absolute atomic E-state index is 0.188. The molecule has 1 saturated heterocycles. The van der Waals surface area contributed by atoms with E-state index in [-0.39, 0.29) is 5.56 Å². The Morgan fingerprint density at radius 2 is 2.04 bits per heavy atom. The molecule has 0 N–H and O–H groups in total. The average Bonchev–Trinajstić information content (AvgIpc) is 2.56. The van der Waals surface area contributed by atoms with E-state index < -0.39 is 0 Å². The number of allylic oxidation sites excluding steroid dienone is 1. The lowest BCUT2D eigenvalue weighted by atomic mass is 9.49. The lowest BCUT2D eigenvalue weighted by Gasteiger charge is -2.57. The van der Waals surface area contributed by atoms with E-state index in [1.54, 1.807) is 11.6 Å². The van der Waals surface area contributed by atoms with Crippen LogP contribution in [0.3, 0.4) is 0 Å².